The van der Waals surface area contributed by atoms with Gasteiger partial charge < -0.3 is 45.3 Å². The van der Waals surface area contributed by atoms with Gasteiger partial charge in [-0.05, 0) is 24.3 Å². The van der Waals surface area contributed by atoms with E-state index >= 15 is 0 Å². The van der Waals surface area contributed by atoms with Gasteiger partial charge in [-0.25, -0.2) is 19.5 Å². The Hall–Kier alpha value is -2.91. The van der Waals surface area contributed by atoms with Crippen LogP contribution in [0.2, 0.25) is 0 Å². The minimum Gasteiger partial charge on any atom is -0.397 e. The van der Waals surface area contributed by atoms with Crippen LogP contribution in [0.1, 0.15) is 18.7 Å². The number of H-pyrrole nitrogens is 1. The maximum atomic E-state index is 13.3. The molecule has 6 heterocycles. The Morgan fingerprint density at radius 1 is 0.978 bits per heavy atom. The lowest BCUT2D eigenvalue weighted by Gasteiger charge is -2.27. The van der Waals surface area contributed by atoms with Crippen molar-refractivity contribution in [3.05, 3.63) is 35.3 Å². The van der Waals surface area contributed by atoms with Crippen molar-refractivity contribution >= 4 is 60.3 Å². The average molecular weight is 688 g/mol. The number of imidazole rings is 2. The van der Waals surface area contributed by atoms with E-state index in [0.29, 0.717) is 11.2 Å². The maximum absolute atomic E-state index is 13.3. The van der Waals surface area contributed by atoms with Gasteiger partial charge in [0.2, 0.25) is 5.95 Å². The van der Waals surface area contributed by atoms with Gasteiger partial charge in [-0.3, -0.25) is 27.9 Å². The molecular formula is C22H27N9O11P2S. The van der Waals surface area contributed by atoms with E-state index in [1.54, 1.807) is 6.07 Å². The number of nitrogens with two attached hydrogens (primary N) is 2. The zero-order chi connectivity index (χ0) is 31.8. The number of nitrogen functional groups attached to an aromatic ring is 2. The standard InChI is InChI=1S/C22H27N9O11P2S/c23-9-1-2-25-18-12(9)26-7-31(18)21-15(33)17-11(40-21)5-38-43(35,36)41-16-10(3-8(14(16)32)4-39-44(37,45)42-17)30-6-27-13-19(30)28-22(24)29-20(13)34/h1-2,6-8,10-11,14-17,21,32-33H,3-5H2,(H2,23,25)(H,35,36)(H,37,45)(H3,24,28,29,34)/t8-,10-,11-,14?,15+,16-,17?,21-,44?/m1/s1. The van der Waals surface area contributed by atoms with Gasteiger partial charge in [-0.1, -0.05) is 0 Å². The van der Waals surface area contributed by atoms with E-state index < -0.39 is 75.4 Å². The number of hydrogen-bond acceptors (Lipinski definition) is 16. The van der Waals surface area contributed by atoms with Gasteiger partial charge >= 0.3 is 14.5 Å². The van der Waals surface area contributed by atoms with Crippen LogP contribution in [-0.2, 0) is 39.2 Å². The molecule has 2 bridgehead atoms. The van der Waals surface area contributed by atoms with Gasteiger partial charge in [0.15, 0.2) is 23.0 Å². The summed E-state index contributed by atoms with van der Waals surface area (Å²) in [6.45, 7) is -5.21. The third kappa shape index (κ3) is 5.47. The van der Waals surface area contributed by atoms with Gasteiger partial charge in [0.25, 0.3) is 5.56 Å². The Labute approximate surface area is 256 Å². The fourth-order valence-electron chi connectivity index (χ4n) is 5.92. The maximum Gasteiger partial charge on any atom is 0.472 e. The fraction of sp³-hybridized carbons (Fsp3) is 0.500. The van der Waals surface area contributed by atoms with Crippen molar-refractivity contribution in [2.24, 2.45) is 5.92 Å². The smallest absolute Gasteiger partial charge is 0.397 e. The van der Waals surface area contributed by atoms with Gasteiger partial charge in [0.1, 0.15) is 29.9 Å². The number of hydrogen-bond donors (Lipinski definition) is 7. The highest BCUT2D eigenvalue weighted by molar-refractivity contribution is 8.07. The second-order valence-corrected chi connectivity index (χ2v) is 15.0. The molecule has 3 fully saturated rings. The zero-order valence-corrected chi connectivity index (χ0v) is 25.4. The van der Waals surface area contributed by atoms with Crippen LogP contribution in [0.15, 0.2) is 29.7 Å². The summed E-state index contributed by atoms with van der Waals surface area (Å²) in [5, 5.41) is 22.5. The minimum absolute atomic E-state index is 0.0324. The molecule has 4 aromatic rings. The molecule has 23 heteroatoms. The van der Waals surface area contributed by atoms with Crippen molar-refractivity contribution in [1.29, 1.82) is 0 Å². The van der Waals surface area contributed by atoms with Gasteiger partial charge in [0.05, 0.1) is 43.7 Å². The number of anilines is 2. The van der Waals surface area contributed by atoms with E-state index in [1.165, 1.54) is 28.0 Å². The number of nitrogens with zero attached hydrogens (tertiary/aromatic N) is 6. The number of rotatable bonds is 2. The number of ether oxygens (including phenoxy) is 1. The van der Waals surface area contributed by atoms with Crippen molar-refractivity contribution in [2.75, 3.05) is 24.7 Å². The summed E-state index contributed by atoms with van der Waals surface area (Å²) < 4.78 is 44.1. The van der Waals surface area contributed by atoms with Crippen LogP contribution < -0.4 is 17.0 Å². The molecule has 1 saturated carbocycles. The average Bonchev–Trinajstić information content (AvgIpc) is 3.72. The first-order valence-electron chi connectivity index (χ1n) is 13.4. The lowest BCUT2D eigenvalue weighted by molar-refractivity contribution is -0.0551. The lowest BCUT2D eigenvalue weighted by Crippen LogP contribution is -2.36. The Bertz CT molecular complexity index is 1940. The van der Waals surface area contributed by atoms with E-state index in [2.05, 4.69) is 24.9 Å². The first kappa shape index (κ1) is 30.7. The first-order valence-corrected chi connectivity index (χ1v) is 17.5. The number of fused-ring (bicyclic) bond motifs is 5. The normalized spacial score (nSPS) is 37.7. The highest BCUT2D eigenvalue weighted by Crippen LogP contribution is 2.55. The molecular weight excluding hydrogens is 660 g/mol. The number of aliphatic hydroxyl groups excluding tert-OH is 2. The largest absolute Gasteiger partial charge is 0.472 e. The summed E-state index contributed by atoms with van der Waals surface area (Å²) >= 11 is 5.24. The number of aromatic nitrogens is 7. The Morgan fingerprint density at radius 2 is 1.73 bits per heavy atom. The molecule has 0 aromatic carbocycles. The topological polar surface area (TPSA) is 290 Å². The molecule has 45 heavy (non-hydrogen) atoms. The lowest BCUT2D eigenvalue weighted by atomic mass is 10.1. The zero-order valence-electron chi connectivity index (χ0n) is 22.8. The van der Waals surface area contributed by atoms with Crippen molar-refractivity contribution in [2.45, 2.75) is 49.2 Å². The van der Waals surface area contributed by atoms with E-state index in [9.17, 15) is 29.4 Å². The molecule has 10 atom stereocenters. The van der Waals surface area contributed by atoms with Crippen LogP contribution in [0.4, 0.5) is 11.6 Å². The molecule has 2 saturated heterocycles. The molecule has 3 aliphatic rings. The molecule has 0 radical (unpaired) electrons. The molecule has 4 unspecified atom stereocenters. The number of aromatic amines is 1. The van der Waals surface area contributed by atoms with Gasteiger partial charge in [0, 0.05) is 12.1 Å². The number of pyridine rings is 1. The summed E-state index contributed by atoms with van der Waals surface area (Å²) in [6.07, 6.45) is -4.24. The summed E-state index contributed by atoms with van der Waals surface area (Å²) in [6, 6.07) is 0.624. The second-order valence-electron chi connectivity index (χ2n) is 10.8. The summed E-state index contributed by atoms with van der Waals surface area (Å²) in [5.41, 5.74) is 12.0. The molecule has 1 aliphatic carbocycles. The summed E-state index contributed by atoms with van der Waals surface area (Å²) in [4.78, 5) is 53.1. The van der Waals surface area contributed by atoms with Crippen molar-refractivity contribution in [3.63, 3.8) is 0 Å². The molecule has 2 aliphatic heterocycles. The van der Waals surface area contributed by atoms with Crippen LogP contribution >= 0.6 is 14.5 Å². The number of aliphatic hydroxyl groups is 2. The van der Waals surface area contributed by atoms with Crippen LogP contribution in [0.3, 0.4) is 0 Å². The van der Waals surface area contributed by atoms with E-state index in [0.717, 1.165) is 0 Å². The van der Waals surface area contributed by atoms with Crippen LogP contribution in [0, 0.1) is 5.92 Å². The van der Waals surface area contributed by atoms with Gasteiger partial charge in [-0.15, -0.1) is 0 Å². The van der Waals surface area contributed by atoms with E-state index in [-0.39, 0.29) is 35.8 Å². The SMILES string of the molecule is Nc1nc2c(ncn2[C@@H]2C[C@@H]3COP(O)(=S)OC4[C@@H](COP(=O)(O)O[C@H]2C3O)O[C@@H](n2cnc3c(N)ccnc32)[C@H]4O)c(=O)[nH]1. The van der Waals surface area contributed by atoms with Crippen molar-refractivity contribution in [3.8, 4) is 0 Å². The Morgan fingerprint density at radius 3 is 2.53 bits per heavy atom. The Balaban J connectivity index is 1.21. The molecule has 0 spiro atoms. The molecule has 4 aromatic heterocycles. The molecule has 9 N–H and O–H groups in total. The van der Waals surface area contributed by atoms with E-state index in [1.807, 2.05) is 0 Å². The van der Waals surface area contributed by atoms with Crippen LogP contribution in [0.25, 0.3) is 22.3 Å². The molecule has 7 rings (SSSR count). The predicted molar refractivity (Wildman–Crippen MR) is 156 cm³/mol. The van der Waals surface area contributed by atoms with Gasteiger partial charge in [-0.2, -0.15) is 4.98 Å². The summed E-state index contributed by atoms with van der Waals surface area (Å²) in [5.74, 6) is -1.03. The fourth-order valence-corrected chi connectivity index (χ4v) is 8.37. The molecule has 20 nitrogen and oxygen atoms in total. The summed E-state index contributed by atoms with van der Waals surface area (Å²) in [7, 11) is -4.97. The quantitative estimate of drug-likeness (QED) is 0.125. The number of phosphoric acid groups is 1. The van der Waals surface area contributed by atoms with Crippen LogP contribution in [0.5, 0.6) is 0 Å². The second kappa shape index (κ2) is 11.1. The van der Waals surface area contributed by atoms with Crippen LogP contribution in [-0.4, -0.2) is 97.8 Å². The van der Waals surface area contributed by atoms with Crippen molar-refractivity contribution < 1.29 is 47.4 Å². The van der Waals surface area contributed by atoms with E-state index in [4.69, 9.17) is 46.1 Å². The molecule has 0 amide bonds. The number of phosphoric ester groups is 1. The highest BCUT2D eigenvalue weighted by Gasteiger charge is 2.52. The highest BCUT2D eigenvalue weighted by atomic mass is 32.5. The third-order valence-electron chi connectivity index (χ3n) is 7.99. The van der Waals surface area contributed by atoms with Crippen molar-refractivity contribution in [1.82, 2.24) is 34.1 Å². The third-order valence-corrected chi connectivity index (χ3v) is 10.5. The number of nitrogens with one attached hydrogen (secondary N) is 1. The monoisotopic (exact) mass is 687 g/mol. The molecule has 242 valence electrons. The minimum atomic E-state index is -4.97. The Kier molecular flexibility index (Phi) is 7.59. The predicted octanol–water partition coefficient (Wildman–Crippen LogP) is -0.957. The first-order chi connectivity index (χ1) is 21.3.